The molecule has 0 radical (unpaired) electrons. The van der Waals surface area contributed by atoms with E-state index in [0.717, 1.165) is 16.8 Å². The van der Waals surface area contributed by atoms with Crippen molar-refractivity contribution in [3.63, 3.8) is 0 Å². The number of halogens is 1. The molecule has 120 valence electrons. The maximum absolute atomic E-state index is 13.5. The molecule has 0 unspecified atom stereocenters. The van der Waals surface area contributed by atoms with Crippen LogP contribution in [0.1, 0.15) is 21.5 Å². The van der Waals surface area contributed by atoms with Crippen LogP contribution in [0.2, 0.25) is 0 Å². The van der Waals surface area contributed by atoms with Crippen LogP contribution in [-0.2, 0) is 6.54 Å². The van der Waals surface area contributed by atoms with Crippen LogP contribution < -0.4 is 5.32 Å². The second kappa shape index (κ2) is 7.00. The highest BCUT2D eigenvalue weighted by atomic mass is 19.1. The van der Waals surface area contributed by atoms with Gasteiger partial charge >= 0.3 is 0 Å². The summed E-state index contributed by atoms with van der Waals surface area (Å²) in [6.45, 7) is 1.99. The molecule has 0 aliphatic carbocycles. The third-order valence-electron chi connectivity index (χ3n) is 3.67. The number of nitrogens with zero attached hydrogens (tertiary/aromatic N) is 2. The van der Waals surface area contributed by atoms with E-state index in [9.17, 15) is 9.18 Å². The molecule has 0 aliphatic rings. The van der Waals surface area contributed by atoms with Gasteiger partial charge in [0.1, 0.15) is 5.82 Å². The van der Waals surface area contributed by atoms with Crippen molar-refractivity contribution < 1.29 is 9.18 Å². The van der Waals surface area contributed by atoms with Crippen molar-refractivity contribution in [2.24, 2.45) is 0 Å². The average molecular weight is 321 g/mol. The van der Waals surface area contributed by atoms with Crippen LogP contribution in [0.5, 0.6) is 0 Å². The highest BCUT2D eigenvalue weighted by Gasteiger charge is 2.08. The van der Waals surface area contributed by atoms with Gasteiger partial charge in [0.15, 0.2) is 0 Å². The summed E-state index contributed by atoms with van der Waals surface area (Å²) < 4.78 is 13.5. The molecule has 1 aromatic carbocycles. The summed E-state index contributed by atoms with van der Waals surface area (Å²) in [4.78, 5) is 20.5. The highest BCUT2D eigenvalue weighted by Crippen LogP contribution is 2.15. The molecule has 0 fully saturated rings. The van der Waals surface area contributed by atoms with Crippen LogP contribution in [-0.4, -0.2) is 15.9 Å². The number of hydrogen-bond acceptors (Lipinski definition) is 3. The first-order valence-electron chi connectivity index (χ1n) is 7.53. The molecule has 0 bridgehead atoms. The second-order valence-corrected chi connectivity index (χ2v) is 5.44. The number of aryl methyl sites for hydroxylation is 1. The Hall–Kier alpha value is -3.08. The van der Waals surface area contributed by atoms with E-state index >= 15 is 0 Å². The van der Waals surface area contributed by atoms with Gasteiger partial charge in [-0.1, -0.05) is 12.1 Å². The van der Waals surface area contributed by atoms with Crippen molar-refractivity contribution in [2.45, 2.75) is 13.5 Å². The zero-order valence-corrected chi connectivity index (χ0v) is 13.2. The van der Waals surface area contributed by atoms with E-state index < -0.39 is 0 Å². The van der Waals surface area contributed by atoms with Crippen LogP contribution in [0, 0.1) is 12.7 Å². The number of pyridine rings is 2. The van der Waals surface area contributed by atoms with Gasteiger partial charge in [-0.2, -0.15) is 0 Å². The number of aromatic nitrogens is 2. The lowest BCUT2D eigenvalue weighted by atomic mass is 10.1. The Labute approximate surface area is 139 Å². The minimum atomic E-state index is -0.384. The first kappa shape index (κ1) is 15.8. The number of benzene rings is 1. The standard InChI is InChI=1S/C19H16FN3O/c1-13-4-6-15(9-17(13)20)19(24)23-11-14-5-7-18(22-10-14)16-3-2-8-21-12-16/h2-10,12H,11H2,1H3,(H,23,24). The van der Waals surface area contributed by atoms with Crippen molar-refractivity contribution in [3.05, 3.63) is 83.6 Å². The predicted octanol–water partition coefficient (Wildman–Crippen LogP) is 3.52. The Bertz CT molecular complexity index is 848. The molecule has 1 amide bonds. The van der Waals surface area contributed by atoms with Gasteiger partial charge in [0, 0.05) is 36.3 Å². The van der Waals surface area contributed by atoms with Crippen LogP contribution in [0.3, 0.4) is 0 Å². The van der Waals surface area contributed by atoms with Crippen LogP contribution in [0.15, 0.2) is 61.1 Å². The zero-order chi connectivity index (χ0) is 16.9. The lowest BCUT2D eigenvalue weighted by Crippen LogP contribution is -2.23. The Kier molecular flexibility index (Phi) is 4.61. The van der Waals surface area contributed by atoms with Crippen molar-refractivity contribution >= 4 is 5.91 Å². The van der Waals surface area contributed by atoms with Crippen molar-refractivity contribution in [3.8, 4) is 11.3 Å². The minimum Gasteiger partial charge on any atom is -0.348 e. The molecule has 2 aromatic heterocycles. The predicted molar refractivity (Wildman–Crippen MR) is 89.8 cm³/mol. The van der Waals surface area contributed by atoms with Gasteiger partial charge in [-0.05, 0) is 48.4 Å². The zero-order valence-electron chi connectivity index (χ0n) is 13.2. The van der Waals surface area contributed by atoms with Gasteiger partial charge in [-0.25, -0.2) is 4.39 Å². The van der Waals surface area contributed by atoms with Crippen molar-refractivity contribution in [2.75, 3.05) is 0 Å². The Balaban J connectivity index is 1.64. The van der Waals surface area contributed by atoms with Crippen LogP contribution >= 0.6 is 0 Å². The van der Waals surface area contributed by atoms with E-state index in [4.69, 9.17) is 0 Å². The monoisotopic (exact) mass is 321 g/mol. The smallest absolute Gasteiger partial charge is 0.251 e. The molecular weight excluding hydrogens is 305 g/mol. The number of hydrogen-bond donors (Lipinski definition) is 1. The first-order chi connectivity index (χ1) is 11.6. The van der Waals surface area contributed by atoms with E-state index in [0.29, 0.717) is 17.7 Å². The second-order valence-electron chi connectivity index (χ2n) is 5.44. The van der Waals surface area contributed by atoms with Crippen molar-refractivity contribution in [1.82, 2.24) is 15.3 Å². The van der Waals surface area contributed by atoms with Crippen LogP contribution in [0.4, 0.5) is 4.39 Å². The summed E-state index contributed by atoms with van der Waals surface area (Å²) in [6.07, 6.45) is 5.16. The molecule has 24 heavy (non-hydrogen) atoms. The lowest BCUT2D eigenvalue weighted by Gasteiger charge is -2.07. The molecule has 5 heteroatoms. The fourth-order valence-corrected chi connectivity index (χ4v) is 2.23. The molecule has 0 saturated carbocycles. The summed E-state index contributed by atoms with van der Waals surface area (Å²) in [5, 5.41) is 2.76. The largest absolute Gasteiger partial charge is 0.348 e. The summed E-state index contributed by atoms with van der Waals surface area (Å²) in [7, 11) is 0. The summed E-state index contributed by atoms with van der Waals surface area (Å²) >= 11 is 0. The first-order valence-corrected chi connectivity index (χ1v) is 7.53. The molecule has 4 nitrogen and oxygen atoms in total. The molecule has 1 N–H and O–H groups in total. The molecule has 0 spiro atoms. The Morgan fingerprint density at radius 1 is 1.17 bits per heavy atom. The normalized spacial score (nSPS) is 10.4. The molecular formula is C19H16FN3O. The third-order valence-corrected chi connectivity index (χ3v) is 3.67. The summed E-state index contributed by atoms with van der Waals surface area (Å²) in [5.41, 5.74) is 3.44. The number of amides is 1. The number of carbonyl (C=O) groups excluding carboxylic acids is 1. The number of carbonyl (C=O) groups is 1. The molecule has 0 saturated heterocycles. The van der Waals surface area contributed by atoms with Crippen LogP contribution in [0.25, 0.3) is 11.3 Å². The molecule has 3 rings (SSSR count). The Morgan fingerprint density at radius 2 is 2.04 bits per heavy atom. The molecule has 0 aliphatic heterocycles. The Morgan fingerprint density at radius 3 is 2.71 bits per heavy atom. The maximum atomic E-state index is 13.5. The highest BCUT2D eigenvalue weighted by molar-refractivity contribution is 5.94. The van der Waals surface area contributed by atoms with Crippen molar-refractivity contribution in [1.29, 1.82) is 0 Å². The fraction of sp³-hybridized carbons (Fsp3) is 0.105. The van der Waals surface area contributed by atoms with Gasteiger partial charge in [0.2, 0.25) is 0 Å². The SMILES string of the molecule is Cc1ccc(C(=O)NCc2ccc(-c3cccnc3)nc2)cc1F. The van der Waals surface area contributed by atoms with E-state index in [1.165, 1.54) is 6.07 Å². The van der Waals surface area contributed by atoms with Gasteiger partial charge in [-0.15, -0.1) is 0 Å². The van der Waals surface area contributed by atoms with Gasteiger partial charge in [0.05, 0.1) is 5.69 Å². The summed E-state index contributed by atoms with van der Waals surface area (Å²) in [6, 6.07) is 12.0. The van der Waals surface area contributed by atoms with Gasteiger partial charge in [0.25, 0.3) is 5.91 Å². The lowest BCUT2D eigenvalue weighted by molar-refractivity contribution is 0.0950. The van der Waals surface area contributed by atoms with E-state index in [1.807, 2.05) is 24.3 Å². The number of rotatable bonds is 4. The summed E-state index contributed by atoms with van der Waals surface area (Å²) in [5.74, 6) is -0.699. The number of nitrogens with one attached hydrogen (secondary N) is 1. The third kappa shape index (κ3) is 3.63. The fourth-order valence-electron chi connectivity index (χ4n) is 2.23. The quantitative estimate of drug-likeness (QED) is 0.800. The molecule has 2 heterocycles. The van der Waals surface area contributed by atoms with E-state index in [1.54, 1.807) is 37.6 Å². The average Bonchev–Trinajstić information content (AvgIpc) is 2.63. The minimum absolute atomic E-state index is 0.304. The van der Waals surface area contributed by atoms with Gasteiger partial charge < -0.3 is 5.32 Å². The van der Waals surface area contributed by atoms with E-state index in [2.05, 4.69) is 15.3 Å². The maximum Gasteiger partial charge on any atom is 0.251 e. The topological polar surface area (TPSA) is 54.9 Å². The van der Waals surface area contributed by atoms with Gasteiger partial charge in [-0.3, -0.25) is 14.8 Å². The molecule has 3 aromatic rings. The molecule has 0 atom stereocenters. The van der Waals surface area contributed by atoms with E-state index in [-0.39, 0.29) is 11.7 Å².